The SMILES string of the molecule is CC[C@H](C)OC(=O)C1=C(C)NC2=C(C(=O)C[C@@H](c3ccc(OC)c(OC)c3)C2)[C@@H]1c1ccccc1OC. The first-order valence-corrected chi connectivity index (χ1v) is 12.6. The number of rotatable bonds is 8. The van der Waals surface area contributed by atoms with E-state index in [1.54, 1.807) is 21.3 Å². The van der Waals surface area contributed by atoms with Crippen molar-refractivity contribution in [2.75, 3.05) is 21.3 Å². The average molecular weight is 506 g/mol. The molecular weight excluding hydrogens is 470 g/mol. The number of ether oxygens (including phenoxy) is 4. The van der Waals surface area contributed by atoms with Crippen LogP contribution in [0.3, 0.4) is 0 Å². The lowest BCUT2D eigenvalue weighted by atomic mass is 9.71. The Hall–Kier alpha value is -3.74. The highest BCUT2D eigenvalue weighted by Crippen LogP contribution is 2.48. The van der Waals surface area contributed by atoms with E-state index in [4.69, 9.17) is 18.9 Å². The molecule has 0 saturated carbocycles. The number of dihydropyridines is 1. The second-order valence-electron chi connectivity index (χ2n) is 9.50. The maximum Gasteiger partial charge on any atom is 0.337 e. The van der Waals surface area contributed by atoms with Gasteiger partial charge in [-0.3, -0.25) is 4.79 Å². The molecule has 0 fully saturated rings. The molecule has 3 atom stereocenters. The van der Waals surface area contributed by atoms with E-state index >= 15 is 0 Å². The fourth-order valence-electron chi connectivity index (χ4n) is 5.20. The van der Waals surface area contributed by atoms with Gasteiger partial charge in [0.2, 0.25) is 0 Å². The molecule has 0 saturated heterocycles. The van der Waals surface area contributed by atoms with Gasteiger partial charge in [0, 0.05) is 29.0 Å². The number of esters is 1. The Balaban J connectivity index is 1.79. The first-order chi connectivity index (χ1) is 17.8. The van der Waals surface area contributed by atoms with Crippen LogP contribution in [0.25, 0.3) is 0 Å². The first kappa shape index (κ1) is 26.3. The van der Waals surface area contributed by atoms with Gasteiger partial charge in [-0.15, -0.1) is 0 Å². The van der Waals surface area contributed by atoms with Crippen LogP contribution in [0.5, 0.6) is 17.2 Å². The van der Waals surface area contributed by atoms with Gasteiger partial charge in [-0.25, -0.2) is 4.79 Å². The second kappa shape index (κ2) is 11.1. The third-order valence-electron chi connectivity index (χ3n) is 7.26. The smallest absolute Gasteiger partial charge is 0.337 e. The summed E-state index contributed by atoms with van der Waals surface area (Å²) in [6, 6.07) is 13.3. The Labute approximate surface area is 218 Å². The van der Waals surface area contributed by atoms with E-state index in [0.29, 0.717) is 53.4 Å². The molecule has 1 heterocycles. The number of carbonyl (C=O) groups excluding carboxylic acids is 2. The fourth-order valence-corrected chi connectivity index (χ4v) is 5.20. The molecule has 2 aromatic rings. The predicted octanol–water partition coefficient (Wildman–Crippen LogP) is 5.42. The number of carbonyl (C=O) groups is 2. The number of Topliss-reactive ketones (excluding diaryl/α,β-unsaturated/α-hetero) is 1. The highest BCUT2D eigenvalue weighted by Gasteiger charge is 2.42. The van der Waals surface area contributed by atoms with Crippen molar-refractivity contribution in [3.8, 4) is 17.2 Å². The highest BCUT2D eigenvalue weighted by atomic mass is 16.5. The van der Waals surface area contributed by atoms with Crippen LogP contribution in [0.15, 0.2) is 65.0 Å². The summed E-state index contributed by atoms with van der Waals surface area (Å²) in [6.07, 6.45) is 1.39. The molecule has 0 amide bonds. The summed E-state index contributed by atoms with van der Waals surface area (Å²) >= 11 is 0. The van der Waals surface area contributed by atoms with Crippen molar-refractivity contribution < 1.29 is 28.5 Å². The lowest BCUT2D eigenvalue weighted by Crippen LogP contribution is -2.36. The molecule has 37 heavy (non-hydrogen) atoms. The summed E-state index contributed by atoms with van der Waals surface area (Å²) in [7, 11) is 4.79. The maximum atomic E-state index is 13.9. The minimum absolute atomic E-state index is 0.00854. The Kier molecular flexibility index (Phi) is 7.91. The predicted molar refractivity (Wildman–Crippen MR) is 141 cm³/mol. The van der Waals surface area contributed by atoms with Crippen molar-refractivity contribution in [2.45, 2.75) is 58.0 Å². The van der Waals surface area contributed by atoms with E-state index < -0.39 is 11.9 Å². The molecule has 4 rings (SSSR count). The standard InChI is InChI=1S/C30H35NO6/c1-7-17(2)37-30(33)27-18(3)31-22-14-20(19-12-13-25(35-5)26(16-19)36-6)15-23(32)29(22)28(27)21-10-8-9-11-24(21)34-4/h8-13,16-17,20,28,31H,7,14-15H2,1-6H3/t17-,20-,28+/m0/s1. The highest BCUT2D eigenvalue weighted by molar-refractivity contribution is 6.04. The van der Waals surface area contributed by atoms with E-state index in [0.717, 1.165) is 16.8 Å². The Morgan fingerprint density at radius 2 is 1.70 bits per heavy atom. The molecule has 2 aromatic carbocycles. The number of para-hydroxylation sites is 1. The monoisotopic (exact) mass is 505 g/mol. The molecule has 2 aliphatic rings. The van der Waals surface area contributed by atoms with Crippen molar-refractivity contribution in [3.05, 3.63) is 76.1 Å². The zero-order valence-corrected chi connectivity index (χ0v) is 22.3. The van der Waals surface area contributed by atoms with E-state index in [2.05, 4.69) is 5.32 Å². The summed E-state index contributed by atoms with van der Waals surface area (Å²) in [4.78, 5) is 27.3. The van der Waals surface area contributed by atoms with Crippen LogP contribution in [-0.2, 0) is 14.3 Å². The zero-order chi connectivity index (χ0) is 26.7. The zero-order valence-electron chi connectivity index (χ0n) is 22.3. The van der Waals surface area contributed by atoms with Gasteiger partial charge >= 0.3 is 5.97 Å². The van der Waals surface area contributed by atoms with E-state index in [1.807, 2.05) is 63.2 Å². The van der Waals surface area contributed by atoms with Gasteiger partial charge in [0.15, 0.2) is 17.3 Å². The van der Waals surface area contributed by atoms with Crippen LogP contribution in [-0.4, -0.2) is 39.2 Å². The molecule has 0 unspecified atom stereocenters. The van der Waals surface area contributed by atoms with Crippen molar-refractivity contribution >= 4 is 11.8 Å². The molecule has 7 nitrogen and oxygen atoms in total. The average Bonchev–Trinajstić information content (AvgIpc) is 2.91. The Morgan fingerprint density at radius 1 is 1.00 bits per heavy atom. The molecule has 7 heteroatoms. The quantitative estimate of drug-likeness (QED) is 0.480. The Morgan fingerprint density at radius 3 is 2.38 bits per heavy atom. The number of ketones is 1. The maximum absolute atomic E-state index is 13.9. The molecule has 0 aromatic heterocycles. The number of methoxy groups -OCH3 is 3. The lowest BCUT2D eigenvalue weighted by molar-refractivity contribution is -0.144. The summed E-state index contributed by atoms with van der Waals surface area (Å²) in [5.74, 6) is 0.839. The van der Waals surface area contributed by atoms with Gasteiger partial charge in [0.05, 0.1) is 38.9 Å². The molecule has 196 valence electrons. The number of hydrogen-bond donors (Lipinski definition) is 1. The summed E-state index contributed by atoms with van der Waals surface area (Å²) in [6.45, 7) is 5.70. The van der Waals surface area contributed by atoms with Gasteiger partial charge < -0.3 is 24.3 Å². The third-order valence-corrected chi connectivity index (χ3v) is 7.26. The minimum Gasteiger partial charge on any atom is -0.496 e. The van der Waals surface area contributed by atoms with Crippen molar-refractivity contribution in [3.63, 3.8) is 0 Å². The van der Waals surface area contributed by atoms with Crippen molar-refractivity contribution in [1.29, 1.82) is 0 Å². The second-order valence-corrected chi connectivity index (χ2v) is 9.50. The van der Waals surface area contributed by atoms with E-state index in [-0.39, 0.29) is 17.8 Å². The van der Waals surface area contributed by atoms with Crippen LogP contribution in [0.4, 0.5) is 0 Å². The van der Waals surface area contributed by atoms with Crippen LogP contribution < -0.4 is 19.5 Å². The molecular formula is C30H35NO6. The van der Waals surface area contributed by atoms with Crippen LogP contribution in [0.2, 0.25) is 0 Å². The van der Waals surface area contributed by atoms with Gasteiger partial charge in [0.1, 0.15) is 5.75 Å². The van der Waals surface area contributed by atoms with Gasteiger partial charge in [-0.05, 0) is 56.4 Å². The lowest BCUT2D eigenvalue weighted by Gasteiger charge is -2.37. The topological polar surface area (TPSA) is 83.1 Å². The largest absolute Gasteiger partial charge is 0.496 e. The number of allylic oxidation sites excluding steroid dienone is 3. The van der Waals surface area contributed by atoms with Crippen LogP contribution in [0, 0.1) is 0 Å². The first-order valence-electron chi connectivity index (χ1n) is 12.6. The number of benzene rings is 2. The van der Waals surface area contributed by atoms with Gasteiger partial charge in [0.25, 0.3) is 0 Å². The molecule has 0 bridgehead atoms. The number of hydrogen-bond acceptors (Lipinski definition) is 7. The van der Waals surface area contributed by atoms with E-state index in [9.17, 15) is 9.59 Å². The minimum atomic E-state index is -0.581. The molecule has 0 radical (unpaired) electrons. The fraction of sp³-hybridized carbons (Fsp3) is 0.400. The van der Waals surface area contributed by atoms with E-state index in [1.165, 1.54) is 0 Å². The van der Waals surface area contributed by atoms with Gasteiger partial charge in [-0.2, -0.15) is 0 Å². The number of nitrogens with one attached hydrogen (secondary N) is 1. The molecule has 1 aliphatic carbocycles. The molecule has 1 N–H and O–H groups in total. The molecule has 1 aliphatic heterocycles. The van der Waals surface area contributed by atoms with Crippen molar-refractivity contribution in [1.82, 2.24) is 5.32 Å². The third kappa shape index (κ3) is 5.08. The Bertz CT molecular complexity index is 1260. The van der Waals surface area contributed by atoms with Crippen LogP contribution >= 0.6 is 0 Å². The molecule has 0 spiro atoms. The summed E-state index contributed by atoms with van der Waals surface area (Å²) < 4.78 is 22.3. The summed E-state index contributed by atoms with van der Waals surface area (Å²) in [5, 5.41) is 3.40. The van der Waals surface area contributed by atoms with Crippen molar-refractivity contribution in [2.24, 2.45) is 0 Å². The summed E-state index contributed by atoms with van der Waals surface area (Å²) in [5.41, 5.74) is 4.32. The normalized spacial score (nSPS) is 20.1. The van der Waals surface area contributed by atoms with Gasteiger partial charge in [-0.1, -0.05) is 31.2 Å². The van der Waals surface area contributed by atoms with Crippen LogP contribution in [0.1, 0.15) is 63.0 Å².